The van der Waals surface area contributed by atoms with Crippen molar-refractivity contribution >= 4 is 27.7 Å². The molecule has 1 aromatic heterocycles. The number of aromatic nitrogens is 1. The van der Waals surface area contributed by atoms with Crippen LogP contribution < -0.4 is 5.73 Å². The van der Waals surface area contributed by atoms with Gasteiger partial charge in [0.1, 0.15) is 10.8 Å². The third kappa shape index (κ3) is 4.30. The second-order valence-electron chi connectivity index (χ2n) is 4.36. The van der Waals surface area contributed by atoms with E-state index in [0.29, 0.717) is 11.3 Å². The first-order valence-corrected chi connectivity index (χ1v) is 7.49. The molecule has 0 radical (unpaired) electrons. The predicted molar refractivity (Wildman–Crippen MR) is 79.8 cm³/mol. The molecule has 0 aliphatic rings. The zero-order valence-corrected chi connectivity index (χ0v) is 12.8. The summed E-state index contributed by atoms with van der Waals surface area (Å²) in [6.07, 6.45) is 2.38. The Labute approximate surface area is 124 Å². The van der Waals surface area contributed by atoms with Gasteiger partial charge in [0.05, 0.1) is 0 Å². The molecule has 0 aliphatic heterocycles. The maximum Gasteiger partial charge on any atom is 0.137 e. The summed E-state index contributed by atoms with van der Waals surface area (Å²) < 4.78 is 14.9. The minimum Gasteiger partial charge on any atom is -0.328 e. The maximum atomic E-state index is 14.0. The van der Waals surface area contributed by atoms with Crippen molar-refractivity contribution in [1.29, 1.82) is 0 Å². The van der Waals surface area contributed by atoms with E-state index >= 15 is 0 Å². The lowest BCUT2D eigenvalue weighted by Gasteiger charge is -2.08. The zero-order chi connectivity index (χ0) is 13.8. The van der Waals surface area contributed by atoms with Crippen LogP contribution in [-0.4, -0.2) is 11.0 Å². The van der Waals surface area contributed by atoms with E-state index in [0.717, 1.165) is 15.1 Å². The van der Waals surface area contributed by atoms with Crippen molar-refractivity contribution in [2.45, 2.75) is 29.3 Å². The molecule has 0 fully saturated rings. The monoisotopic (exact) mass is 340 g/mol. The molecule has 2 nitrogen and oxygen atoms in total. The first-order chi connectivity index (χ1) is 9.04. The second kappa shape index (κ2) is 6.50. The molecule has 100 valence electrons. The zero-order valence-electron chi connectivity index (χ0n) is 10.4. The normalized spacial score (nSPS) is 12.4. The predicted octanol–water partition coefficient (Wildman–Crippen LogP) is 4.02. The summed E-state index contributed by atoms with van der Waals surface area (Å²) in [7, 11) is 0. The van der Waals surface area contributed by atoms with E-state index in [1.165, 1.54) is 11.8 Å². The Morgan fingerprint density at radius 3 is 2.74 bits per heavy atom. The Kier molecular flexibility index (Phi) is 4.96. The van der Waals surface area contributed by atoms with Crippen LogP contribution in [0.15, 0.2) is 50.9 Å². The Morgan fingerprint density at radius 1 is 1.37 bits per heavy atom. The molecule has 1 atom stereocenters. The molecule has 0 saturated heterocycles. The van der Waals surface area contributed by atoms with Crippen molar-refractivity contribution in [3.63, 3.8) is 0 Å². The summed E-state index contributed by atoms with van der Waals surface area (Å²) in [5.74, 6) is -0.229. The van der Waals surface area contributed by atoms with E-state index in [4.69, 9.17) is 5.73 Å². The summed E-state index contributed by atoms with van der Waals surface area (Å²) in [6.45, 7) is 1.91. The molecular formula is C14H14BrFN2S. The molecule has 0 bridgehead atoms. The van der Waals surface area contributed by atoms with E-state index in [1.807, 2.05) is 25.1 Å². The Hall–Kier alpha value is -0.910. The molecule has 19 heavy (non-hydrogen) atoms. The van der Waals surface area contributed by atoms with Crippen molar-refractivity contribution in [1.82, 2.24) is 4.98 Å². The third-order valence-electron chi connectivity index (χ3n) is 2.47. The van der Waals surface area contributed by atoms with Crippen LogP contribution in [0.1, 0.15) is 12.5 Å². The van der Waals surface area contributed by atoms with Crippen LogP contribution in [0, 0.1) is 5.82 Å². The Morgan fingerprint density at radius 2 is 2.16 bits per heavy atom. The van der Waals surface area contributed by atoms with Crippen LogP contribution in [0.25, 0.3) is 0 Å². The third-order valence-corrected chi connectivity index (χ3v) is 3.94. The number of rotatable bonds is 4. The van der Waals surface area contributed by atoms with E-state index in [9.17, 15) is 4.39 Å². The molecule has 2 N–H and O–H groups in total. The molecule has 0 aliphatic carbocycles. The summed E-state index contributed by atoms with van der Waals surface area (Å²) >= 11 is 4.63. The lowest BCUT2D eigenvalue weighted by molar-refractivity contribution is 0.597. The first kappa shape index (κ1) is 14.5. The average Bonchev–Trinajstić information content (AvgIpc) is 2.34. The summed E-state index contributed by atoms with van der Waals surface area (Å²) in [5.41, 5.74) is 6.63. The van der Waals surface area contributed by atoms with Gasteiger partial charge < -0.3 is 5.73 Å². The highest BCUT2D eigenvalue weighted by atomic mass is 79.9. The molecular weight excluding hydrogens is 327 g/mol. The van der Waals surface area contributed by atoms with Crippen molar-refractivity contribution in [2.75, 3.05) is 0 Å². The van der Waals surface area contributed by atoms with Crippen molar-refractivity contribution in [3.8, 4) is 0 Å². The number of hydrogen-bond acceptors (Lipinski definition) is 3. The highest BCUT2D eigenvalue weighted by Gasteiger charge is 2.07. The fourth-order valence-corrected chi connectivity index (χ4v) is 2.66. The van der Waals surface area contributed by atoms with Crippen molar-refractivity contribution in [3.05, 3.63) is 52.4 Å². The van der Waals surface area contributed by atoms with Crippen LogP contribution in [0.4, 0.5) is 4.39 Å². The van der Waals surface area contributed by atoms with Crippen LogP contribution >= 0.6 is 27.7 Å². The largest absolute Gasteiger partial charge is 0.328 e. The van der Waals surface area contributed by atoms with Crippen LogP contribution in [-0.2, 0) is 6.42 Å². The molecule has 1 unspecified atom stereocenters. The number of nitrogens with zero attached hydrogens (tertiary/aromatic N) is 1. The smallest absolute Gasteiger partial charge is 0.137 e. The van der Waals surface area contributed by atoms with E-state index < -0.39 is 0 Å². The van der Waals surface area contributed by atoms with Crippen LogP contribution in [0.3, 0.4) is 0 Å². The molecule has 0 spiro atoms. The number of benzene rings is 1. The number of hydrogen-bond donors (Lipinski definition) is 1. The first-order valence-electron chi connectivity index (χ1n) is 5.88. The quantitative estimate of drug-likeness (QED) is 0.913. The number of pyridine rings is 1. The second-order valence-corrected chi connectivity index (χ2v) is 6.34. The van der Waals surface area contributed by atoms with Gasteiger partial charge in [0.15, 0.2) is 0 Å². The number of halogens is 2. The van der Waals surface area contributed by atoms with Gasteiger partial charge in [0, 0.05) is 21.6 Å². The van der Waals surface area contributed by atoms with Gasteiger partial charge in [-0.1, -0.05) is 17.8 Å². The fourth-order valence-electron chi connectivity index (χ4n) is 1.66. The lowest BCUT2D eigenvalue weighted by Crippen LogP contribution is -2.17. The lowest BCUT2D eigenvalue weighted by atomic mass is 10.1. The van der Waals surface area contributed by atoms with Crippen LogP contribution in [0.2, 0.25) is 0 Å². The molecule has 0 saturated carbocycles. The van der Waals surface area contributed by atoms with Crippen LogP contribution in [0.5, 0.6) is 0 Å². The standard InChI is InChI=1S/C14H14BrFN2S/c1-9(17)6-10-2-4-13(12(16)7-10)19-14-5-3-11(15)8-18-14/h2-5,7-9H,6,17H2,1H3. The molecule has 1 heterocycles. The minimum atomic E-state index is -0.229. The summed E-state index contributed by atoms with van der Waals surface area (Å²) in [4.78, 5) is 4.79. The topological polar surface area (TPSA) is 38.9 Å². The number of nitrogens with two attached hydrogens (primary N) is 1. The molecule has 2 aromatic rings. The highest BCUT2D eigenvalue weighted by molar-refractivity contribution is 9.10. The van der Waals surface area contributed by atoms with Gasteiger partial charge in [-0.25, -0.2) is 9.37 Å². The maximum absolute atomic E-state index is 14.0. The molecule has 0 amide bonds. The van der Waals surface area contributed by atoms with Gasteiger partial charge in [-0.15, -0.1) is 0 Å². The average molecular weight is 341 g/mol. The Balaban J connectivity index is 2.15. The molecule has 5 heteroatoms. The SMILES string of the molecule is CC(N)Cc1ccc(Sc2ccc(Br)cn2)c(F)c1. The van der Waals surface area contributed by atoms with E-state index in [-0.39, 0.29) is 11.9 Å². The summed E-state index contributed by atoms with van der Waals surface area (Å²) in [6, 6.07) is 9.01. The fraction of sp³-hybridized carbons (Fsp3) is 0.214. The Bertz CT molecular complexity index is 558. The van der Waals surface area contributed by atoms with Gasteiger partial charge >= 0.3 is 0 Å². The van der Waals surface area contributed by atoms with E-state index in [2.05, 4.69) is 20.9 Å². The van der Waals surface area contributed by atoms with Crippen molar-refractivity contribution < 1.29 is 4.39 Å². The molecule has 2 rings (SSSR count). The van der Waals surface area contributed by atoms with Gasteiger partial charge in [-0.2, -0.15) is 0 Å². The summed E-state index contributed by atoms with van der Waals surface area (Å²) in [5, 5.41) is 0.766. The van der Waals surface area contributed by atoms with Gasteiger partial charge in [-0.3, -0.25) is 0 Å². The van der Waals surface area contributed by atoms with E-state index in [1.54, 1.807) is 18.3 Å². The van der Waals surface area contributed by atoms with Gasteiger partial charge in [0.25, 0.3) is 0 Å². The van der Waals surface area contributed by atoms with Gasteiger partial charge in [0.2, 0.25) is 0 Å². The highest BCUT2D eigenvalue weighted by Crippen LogP contribution is 2.29. The van der Waals surface area contributed by atoms with Gasteiger partial charge in [-0.05, 0) is 59.1 Å². The van der Waals surface area contributed by atoms with Crippen molar-refractivity contribution in [2.24, 2.45) is 5.73 Å². The molecule has 1 aromatic carbocycles. The minimum absolute atomic E-state index is 0.0334.